The van der Waals surface area contributed by atoms with Gasteiger partial charge in [0, 0.05) is 11.8 Å². The van der Waals surface area contributed by atoms with E-state index in [1.54, 1.807) is 30.3 Å². The number of carbonyl (C=O) groups is 1. The lowest BCUT2D eigenvalue weighted by Gasteiger charge is -2.10. The molecule has 0 saturated carbocycles. The molecule has 0 aliphatic carbocycles. The molecule has 2 aromatic rings. The van der Waals surface area contributed by atoms with Gasteiger partial charge in [0.2, 0.25) is 0 Å². The SMILES string of the molecule is O=C(Nc1ccccc1)Nc1cc(F)c(O)c(F)c1Cl. The van der Waals surface area contributed by atoms with Gasteiger partial charge in [-0.15, -0.1) is 0 Å². The van der Waals surface area contributed by atoms with Gasteiger partial charge in [0.05, 0.1) is 5.69 Å². The van der Waals surface area contributed by atoms with E-state index in [2.05, 4.69) is 10.6 Å². The highest BCUT2D eigenvalue weighted by molar-refractivity contribution is 6.34. The van der Waals surface area contributed by atoms with E-state index in [0.29, 0.717) is 5.69 Å². The van der Waals surface area contributed by atoms with Crippen LogP contribution < -0.4 is 10.6 Å². The maximum atomic E-state index is 13.3. The Morgan fingerprint density at radius 1 is 1.15 bits per heavy atom. The number of carbonyl (C=O) groups excluding carboxylic acids is 1. The van der Waals surface area contributed by atoms with Crippen LogP contribution >= 0.6 is 11.6 Å². The summed E-state index contributed by atoms with van der Waals surface area (Å²) in [7, 11) is 0. The molecule has 2 rings (SSSR count). The third-order valence-corrected chi connectivity index (χ3v) is 2.78. The van der Waals surface area contributed by atoms with Crippen molar-refractivity contribution >= 4 is 29.0 Å². The van der Waals surface area contributed by atoms with E-state index in [0.717, 1.165) is 6.07 Å². The molecular formula is C13H9ClF2N2O2. The zero-order valence-corrected chi connectivity index (χ0v) is 10.7. The first-order valence-corrected chi connectivity index (χ1v) is 5.86. The van der Waals surface area contributed by atoms with Gasteiger partial charge in [-0.25, -0.2) is 13.6 Å². The Kier molecular flexibility index (Phi) is 4.05. The molecule has 4 nitrogen and oxygen atoms in total. The zero-order chi connectivity index (χ0) is 14.7. The second-order valence-electron chi connectivity index (χ2n) is 3.83. The number of rotatable bonds is 2. The summed E-state index contributed by atoms with van der Waals surface area (Å²) in [6.07, 6.45) is 0. The highest BCUT2D eigenvalue weighted by Gasteiger charge is 2.18. The van der Waals surface area contributed by atoms with E-state index in [9.17, 15) is 13.6 Å². The molecule has 0 aromatic heterocycles. The lowest BCUT2D eigenvalue weighted by molar-refractivity contribution is 0.262. The summed E-state index contributed by atoms with van der Waals surface area (Å²) >= 11 is 5.57. The highest BCUT2D eigenvalue weighted by atomic mass is 35.5. The van der Waals surface area contributed by atoms with Crippen LogP contribution in [0.15, 0.2) is 36.4 Å². The van der Waals surface area contributed by atoms with Crippen molar-refractivity contribution < 1.29 is 18.7 Å². The second kappa shape index (κ2) is 5.75. The number of phenols is 1. The van der Waals surface area contributed by atoms with Crippen LogP contribution in [0.1, 0.15) is 0 Å². The van der Waals surface area contributed by atoms with E-state index in [4.69, 9.17) is 16.7 Å². The average Bonchev–Trinajstić information content (AvgIpc) is 2.43. The molecule has 3 N–H and O–H groups in total. The Morgan fingerprint density at radius 3 is 2.45 bits per heavy atom. The number of hydrogen-bond acceptors (Lipinski definition) is 2. The van der Waals surface area contributed by atoms with E-state index in [1.807, 2.05) is 0 Å². The maximum absolute atomic E-state index is 13.3. The summed E-state index contributed by atoms with van der Waals surface area (Å²) in [5.74, 6) is -3.74. The number of anilines is 2. The first-order valence-electron chi connectivity index (χ1n) is 5.48. The maximum Gasteiger partial charge on any atom is 0.323 e. The largest absolute Gasteiger partial charge is 0.503 e. The standard InChI is InChI=1S/C13H9ClF2N2O2/c14-10-9(6-8(15)12(19)11(10)16)18-13(20)17-7-4-2-1-3-5-7/h1-6,19H,(H2,17,18,20). The van der Waals surface area contributed by atoms with Crippen molar-refractivity contribution in [3.05, 3.63) is 53.1 Å². The number of benzene rings is 2. The Balaban J connectivity index is 2.16. The molecule has 0 saturated heterocycles. The second-order valence-corrected chi connectivity index (χ2v) is 4.21. The Hall–Kier alpha value is -2.34. The number of phenolic OH excluding ortho intramolecular Hbond substituents is 1. The molecule has 0 spiro atoms. The van der Waals surface area contributed by atoms with Gasteiger partial charge in [-0.2, -0.15) is 0 Å². The molecule has 0 radical (unpaired) electrons. The van der Waals surface area contributed by atoms with Crippen molar-refractivity contribution in [2.75, 3.05) is 10.6 Å². The summed E-state index contributed by atoms with van der Waals surface area (Å²) in [6, 6.07) is 8.47. The quantitative estimate of drug-likeness (QED) is 0.580. The van der Waals surface area contributed by atoms with Crippen molar-refractivity contribution in [3.63, 3.8) is 0 Å². The fraction of sp³-hybridized carbons (Fsp3) is 0. The third-order valence-electron chi connectivity index (χ3n) is 2.41. The van der Waals surface area contributed by atoms with Crippen LogP contribution in [-0.2, 0) is 0 Å². The van der Waals surface area contributed by atoms with Crippen molar-refractivity contribution in [2.24, 2.45) is 0 Å². The van der Waals surface area contributed by atoms with E-state index in [1.165, 1.54) is 0 Å². The van der Waals surface area contributed by atoms with Gasteiger partial charge in [0.25, 0.3) is 0 Å². The Labute approximate surface area is 118 Å². The number of para-hydroxylation sites is 1. The number of nitrogens with one attached hydrogen (secondary N) is 2. The molecule has 0 fully saturated rings. The summed E-state index contributed by atoms with van der Waals surface area (Å²) in [5.41, 5.74) is 0.216. The summed E-state index contributed by atoms with van der Waals surface area (Å²) in [6.45, 7) is 0. The summed E-state index contributed by atoms with van der Waals surface area (Å²) in [4.78, 5) is 11.7. The topological polar surface area (TPSA) is 61.4 Å². The lowest BCUT2D eigenvalue weighted by Crippen LogP contribution is -2.19. The van der Waals surface area contributed by atoms with Gasteiger partial charge in [0.15, 0.2) is 17.4 Å². The van der Waals surface area contributed by atoms with Gasteiger partial charge in [-0.3, -0.25) is 0 Å². The minimum absolute atomic E-state index is 0.284. The first kappa shape index (κ1) is 14.1. The van der Waals surface area contributed by atoms with E-state index < -0.39 is 28.4 Å². The molecular weight excluding hydrogens is 290 g/mol. The fourth-order valence-electron chi connectivity index (χ4n) is 1.48. The smallest absolute Gasteiger partial charge is 0.323 e. The number of urea groups is 1. The molecule has 0 heterocycles. The number of amides is 2. The van der Waals surface area contributed by atoms with Gasteiger partial charge in [0.1, 0.15) is 5.02 Å². The Bertz CT molecular complexity index is 651. The minimum atomic E-state index is -1.33. The van der Waals surface area contributed by atoms with Gasteiger partial charge in [-0.1, -0.05) is 29.8 Å². The van der Waals surface area contributed by atoms with Gasteiger partial charge in [-0.05, 0) is 12.1 Å². The van der Waals surface area contributed by atoms with Crippen LogP contribution in [0.2, 0.25) is 5.02 Å². The molecule has 20 heavy (non-hydrogen) atoms. The van der Waals surface area contributed by atoms with Crippen molar-refractivity contribution in [3.8, 4) is 5.75 Å². The third kappa shape index (κ3) is 2.97. The average molecular weight is 299 g/mol. The van der Waals surface area contributed by atoms with Crippen LogP contribution in [0, 0.1) is 11.6 Å². The van der Waals surface area contributed by atoms with Crippen LogP contribution in [0.5, 0.6) is 5.75 Å². The summed E-state index contributed by atoms with van der Waals surface area (Å²) < 4.78 is 26.5. The molecule has 0 atom stereocenters. The molecule has 2 aromatic carbocycles. The normalized spacial score (nSPS) is 10.2. The predicted octanol–water partition coefficient (Wildman–Crippen LogP) is 3.97. The van der Waals surface area contributed by atoms with Gasteiger partial charge >= 0.3 is 6.03 Å². The van der Waals surface area contributed by atoms with Crippen molar-refractivity contribution in [2.45, 2.75) is 0 Å². The molecule has 0 aliphatic heterocycles. The fourth-order valence-corrected chi connectivity index (χ4v) is 1.67. The number of halogens is 3. The molecule has 0 aliphatic rings. The van der Waals surface area contributed by atoms with Crippen LogP contribution in [0.3, 0.4) is 0 Å². The lowest BCUT2D eigenvalue weighted by atomic mass is 10.2. The Morgan fingerprint density at radius 2 is 1.80 bits per heavy atom. The minimum Gasteiger partial charge on any atom is -0.503 e. The van der Waals surface area contributed by atoms with Crippen molar-refractivity contribution in [1.29, 1.82) is 0 Å². The van der Waals surface area contributed by atoms with E-state index in [-0.39, 0.29) is 5.69 Å². The monoisotopic (exact) mass is 298 g/mol. The number of aromatic hydroxyl groups is 1. The molecule has 7 heteroatoms. The van der Waals surface area contributed by atoms with Crippen LogP contribution in [0.25, 0.3) is 0 Å². The molecule has 104 valence electrons. The first-order chi connectivity index (χ1) is 9.49. The highest BCUT2D eigenvalue weighted by Crippen LogP contribution is 2.33. The molecule has 0 unspecified atom stereocenters. The molecule has 2 amide bonds. The van der Waals surface area contributed by atoms with Crippen molar-refractivity contribution in [1.82, 2.24) is 0 Å². The predicted molar refractivity (Wildman–Crippen MR) is 72.1 cm³/mol. The van der Waals surface area contributed by atoms with E-state index >= 15 is 0 Å². The van der Waals surface area contributed by atoms with Gasteiger partial charge < -0.3 is 15.7 Å². The zero-order valence-electron chi connectivity index (χ0n) is 9.95. The van der Waals surface area contributed by atoms with Crippen LogP contribution in [0.4, 0.5) is 25.0 Å². The van der Waals surface area contributed by atoms with Crippen LogP contribution in [-0.4, -0.2) is 11.1 Å². The molecule has 0 bridgehead atoms. The number of hydrogen-bond donors (Lipinski definition) is 3. The summed E-state index contributed by atoms with van der Waals surface area (Å²) in [5, 5.41) is 13.1.